The molecule has 0 saturated carbocycles. The number of nitrogens with zero attached hydrogens (tertiary/aromatic N) is 2. The van der Waals surface area contributed by atoms with Crippen LogP contribution in [0.25, 0.3) is 0 Å². The fourth-order valence-electron chi connectivity index (χ4n) is 5.52. The second-order valence-corrected chi connectivity index (χ2v) is 9.07. The minimum absolute atomic E-state index is 0.0411. The molecule has 0 aliphatic carbocycles. The molecule has 0 radical (unpaired) electrons. The molecule has 1 aromatic carbocycles. The summed E-state index contributed by atoms with van der Waals surface area (Å²) >= 11 is 0. The van der Waals surface area contributed by atoms with E-state index >= 15 is 0 Å². The number of anilines is 1. The zero-order valence-corrected chi connectivity index (χ0v) is 17.2. The van der Waals surface area contributed by atoms with Crippen molar-refractivity contribution in [2.45, 2.75) is 70.9 Å². The van der Waals surface area contributed by atoms with Crippen LogP contribution in [0.2, 0.25) is 0 Å². The third-order valence-corrected chi connectivity index (χ3v) is 6.83. The zero-order chi connectivity index (χ0) is 19.7. The predicted octanol–water partition coefficient (Wildman–Crippen LogP) is 4.62. The molecule has 4 rings (SSSR count). The number of piperidine rings is 1. The summed E-state index contributed by atoms with van der Waals surface area (Å²) in [5.41, 5.74) is 0.573. The van der Waals surface area contributed by atoms with Crippen molar-refractivity contribution in [2.24, 2.45) is 11.8 Å². The number of halogens is 1. The van der Waals surface area contributed by atoms with E-state index in [1.54, 1.807) is 11.0 Å². The molecule has 3 heterocycles. The van der Waals surface area contributed by atoms with E-state index in [1.165, 1.54) is 57.1 Å². The van der Waals surface area contributed by atoms with Gasteiger partial charge in [-0.05, 0) is 49.7 Å². The van der Waals surface area contributed by atoms with Crippen molar-refractivity contribution in [3.05, 3.63) is 24.0 Å². The molecule has 154 valence electrons. The maximum absolute atomic E-state index is 13.7. The average Bonchev–Trinajstić information content (AvgIpc) is 2.90. The molecule has 0 N–H and O–H groups in total. The average molecular weight is 389 g/mol. The Morgan fingerprint density at radius 1 is 1.21 bits per heavy atom. The summed E-state index contributed by atoms with van der Waals surface area (Å²) < 4.78 is 19.2. The molecular weight excluding hydrogens is 355 g/mol. The van der Waals surface area contributed by atoms with E-state index in [1.807, 2.05) is 0 Å². The van der Waals surface area contributed by atoms with Gasteiger partial charge in [-0.1, -0.05) is 33.1 Å². The molecule has 0 spiro atoms. The summed E-state index contributed by atoms with van der Waals surface area (Å²) in [6.45, 7) is 6.17. The van der Waals surface area contributed by atoms with E-state index in [-0.39, 0.29) is 18.3 Å². The van der Waals surface area contributed by atoms with E-state index in [9.17, 15) is 9.18 Å². The number of carbonyl (C=O) groups is 1. The van der Waals surface area contributed by atoms with Gasteiger partial charge in [0.25, 0.3) is 5.91 Å². The molecule has 4 atom stereocenters. The second kappa shape index (κ2) is 8.40. The van der Waals surface area contributed by atoms with Crippen LogP contribution in [-0.4, -0.2) is 42.6 Å². The molecule has 2 fully saturated rings. The molecule has 0 aromatic heterocycles. The van der Waals surface area contributed by atoms with Crippen LogP contribution in [-0.2, 0) is 4.79 Å². The highest BCUT2D eigenvalue weighted by atomic mass is 19.1. The number of rotatable bonds is 7. The maximum atomic E-state index is 13.7. The van der Waals surface area contributed by atoms with Crippen molar-refractivity contribution in [1.29, 1.82) is 0 Å². The lowest BCUT2D eigenvalue weighted by Gasteiger charge is -2.41. The first-order chi connectivity index (χ1) is 13.5. The molecule has 4 nitrogen and oxygen atoms in total. The largest absolute Gasteiger partial charge is 0.482 e. The van der Waals surface area contributed by atoms with Crippen LogP contribution in [0, 0.1) is 17.7 Å². The van der Waals surface area contributed by atoms with Gasteiger partial charge in [-0.15, -0.1) is 0 Å². The van der Waals surface area contributed by atoms with Crippen LogP contribution in [0.1, 0.15) is 58.8 Å². The molecular formula is C23H33FN2O2. The van der Waals surface area contributed by atoms with Crippen LogP contribution in [0.3, 0.4) is 0 Å². The van der Waals surface area contributed by atoms with Gasteiger partial charge in [-0.25, -0.2) is 4.39 Å². The molecule has 28 heavy (non-hydrogen) atoms. The monoisotopic (exact) mass is 388 g/mol. The first-order valence-electron chi connectivity index (χ1n) is 11.0. The lowest BCUT2D eigenvalue weighted by atomic mass is 9.86. The summed E-state index contributed by atoms with van der Waals surface area (Å²) in [5.74, 6) is 1.44. The third-order valence-electron chi connectivity index (χ3n) is 6.83. The predicted molar refractivity (Wildman–Crippen MR) is 109 cm³/mol. The Labute approximate surface area is 168 Å². The fraction of sp³-hybridized carbons (Fsp3) is 0.696. The van der Waals surface area contributed by atoms with Gasteiger partial charge in [-0.2, -0.15) is 0 Å². The maximum Gasteiger partial charge on any atom is 0.265 e. The highest BCUT2D eigenvalue weighted by Crippen LogP contribution is 2.41. The Balaban J connectivity index is 1.38. The lowest BCUT2D eigenvalue weighted by Crippen LogP contribution is -2.48. The van der Waals surface area contributed by atoms with Crippen molar-refractivity contribution >= 4 is 11.6 Å². The quantitative estimate of drug-likeness (QED) is 0.683. The lowest BCUT2D eigenvalue weighted by molar-refractivity contribution is -0.121. The Hall–Kier alpha value is -1.62. The Kier molecular flexibility index (Phi) is 5.91. The van der Waals surface area contributed by atoms with E-state index in [0.717, 1.165) is 12.5 Å². The molecule has 2 bridgehead atoms. The summed E-state index contributed by atoms with van der Waals surface area (Å²) in [4.78, 5) is 16.9. The molecule has 2 unspecified atom stereocenters. The van der Waals surface area contributed by atoms with Crippen molar-refractivity contribution in [2.75, 3.05) is 24.6 Å². The van der Waals surface area contributed by atoms with Crippen molar-refractivity contribution in [1.82, 2.24) is 4.90 Å². The van der Waals surface area contributed by atoms with Crippen LogP contribution >= 0.6 is 0 Å². The summed E-state index contributed by atoms with van der Waals surface area (Å²) in [6.07, 6.45) is 9.37. The first-order valence-corrected chi connectivity index (χ1v) is 11.0. The number of benzene rings is 1. The molecule has 5 heteroatoms. The van der Waals surface area contributed by atoms with Gasteiger partial charge in [0.15, 0.2) is 6.61 Å². The van der Waals surface area contributed by atoms with Gasteiger partial charge in [0.05, 0.1) is 5.69 Å². The van der Waals surface area contributed by atoms with Crippen LogP contribution in [0.15, 0.2) is 18.2 Å². The number of ether oxygens (including phenoxy) is 1. The highest BCUT2D eigenvalue weighted by molar-refractivity contribution is 5.97. The topological polar surface area (TPSA) is 32.8 Å². The van der Waals surface area contributed by atoms with E-state index < -0.39 is 0 Å². The summed E-state index contributed by atoms with van der Waals surface area (Å²) in [5, 5.41) is 0. The molecule has 3 aliphatic heterocycles. The van der Waals surface area contributed by atoms with Crippen molar-refractivity contribution in [3.8, 4) is 5.75 Å². The minimum Gasteiger partial charge on any atom is -0.482 e. The Morgan fingerprint density at radius 3 is 2.68 bits per heavy atom. The van der Waals surface area contributed by atoms with Gasteiger partial charge >= 0.3 is 0 Å². The number of carbonyl (C=O) groups excluding carboxylic acids is 1. The van der Waals surface area contributed by atoms with Gasteiger partial charge in [0.2, 0.25) is 0 Å². The molecule has 3 aliphatic rings. The summed E-state index contributed by atoms with van der Waals surface area (Å²) in [7, 11) is 0. The molecule has 1 amide bonds. The van der Waals surface area contributed by atoms with E-state index in [4.69, 9.17) is 4.74 Å². The van der Waals surface area contributed by atoms with Crippen molar-refractivity contribution in [3.63, 3.8) is 0 Å². The van der Waals surface area contributed by atoms with E-state index in [2.05, 4.69) is 18.7 Å². The van der Waals surface area contributed by atoms with Crippen molar-refractivity contribution < 1.29 is 13.9 Å². The zero-order valence-electron chi connectivity index (χ0n) is 17.2. The number of unbranched alkanes of at least 4 members (excludes halogenated alkanes) is 1. The number of hydrogen-bond acceptors (Lipinski definition) is 3. The smallest absolute Gasteiger partial charge is 0.265 e. The number of amides is 1. The molecule has 2 saturated heterocycles. The van der Waals surface area contributed by atoms with Crippen LogP contribution in [0.4, 0.5) is 10.1 Å². The highest BCUT2D eigenvalue weighted by Gasteiger charge is 2.41. The fourth-order valence-corrected chi connectivity index (χ4v) is 5.52. The van der Waals surface area contributed by atoms with Gasteiger partial charge in [-0.3, -0.25) is 9.69 Å². The summed E-state index contributed by atoms with van der Waals surface area (Å²) in [6, 6.07) is 5.86. The van der Waals surface area contributed by atoms with Crippen LogP contribution in [0.5, 0.6) is 5.75 Å². The number of hydrogen-bond donors (Lipinski definition) is 0. The Bertz CT molecular complexity index is 696. The standard InChI is InChI=1S/C23H33FN2O2/c1-3-4-5-17-10-19-7-8-20(11-17)25(19)13-16(2)14-26-21-12-18(24)6-9-22(21)28-15-23(26)27/h6,9,12,16-17,19-20H,3-5,7-8,10-11,13-15H2,1-2H3/t16-,17?,19+,20?/m1/s1. The SMILES string of the molecule is CCCCC1CC2CC[C@@H](C1)N2C[C@@H](C)CN1C(=O)COc2ccc(F)cc21. The third kappa shape index (κ3) is 4.05. The van der Waals surface area contributed by atoms with Gasteiger partial charge in [0, 0.05) is 31.2 Å². The van der Waals surface area contributed by atoms with Gasteiger partial charge in [0.1, 0.15) is 11.6 Å². The second-order valence-electron chi connectivity index (χ2n) is 9.07. The minimum atomic E-state index is -0.332. The Morgan fingerprint density at radius 2 is 1.96 bits per heavy atom. The van der Waals surface area contributed by atoms with Gasteiger partial charge < -0.3 is 9.64 Å². The molecule has 1 aromatic rings. The number of fused-ring (bicyclic) bond motifs is 3. The normalized spacial score (nSPS) is 28.2. The van der Waals surface area contributed by atoms with E-state index in [0.29, 0.717) is 36.0 Å². The van der Waals surface area contributed by atoms with Crippen LogP contribution < -0.4 is 9.64 Å². The first kappa shape index (κ1) is 19.7.